The van der Waals surface area contributed by atoms with Crippen molar-refractivity contribution < 1.29 is 37.8 Å². The first-order chi connectivity index (χ1) is 21.6. The Hall–Kier alpha value is -3.99. The minimum absolute atomic E-state index is 0.0296. The number of nitrogens with one attached hydrogen (secondary N) is 2. The van der Waals surface area contributed by atoms with Crippen LogP contribution in [0.25, 0.3) is 0 Å². The molecule has 2 saturated carbocycles. The molecule has 1 aromatic rings. The number of alkyl carbamates (subject to hydrolysis) is 1. The standard InChI is InChI=1S/C31H37FN6O7/c1-30(5-8-44-9-6-30)24(35-29(42)43-2)27(40)37-14-19-16-10-18(20(32)11-16)22(19)23(37)26(39)38-15-31(12-17(38)13-33)28(41)36-25-21(45-31)4-3-7-34-25/h3-4,7,16-20,22-24H,5-6,8-12,14-15H2,1-2H3,(H,35,42)(H,34,36,41). The molecule has 5 fully saturated rings. The predicted molar refractivity (Wildman–Crippen MR) is 153 cm³/mol. The van der Waals surface area contributed by atoms with E-state index in [4.69, 9.17) is 14.2 Å². The molecule has 240 valence electrons. The van der Waals surface area contributed by atoms with Gasteiger partial charge in [0, 0.05) is 37.8 Å². The normalized spacial score (nSPS) is 36.4. The van der Waals surface area contributed by atoms with Gasteiger partial charge in [-0.25, -0.2) is 14.2 Å². The van der Waals surface area contributed by atoms with Crippen molar-refractivity contribution in [3.05, 3.63) is 18.3 Å². The van der Waals surface area contributed by atoms with Gasteiger partial charge in [0.05, 0.1) is 19.7 Å². The third-order valence-corrected chi connectivity index (χ3v) is 11.3. The van der Waals surface area contributed by atoms with Gasteiger partial charge in [-0.05, 0) is 61.5 Å². The summed E-state index contributed by atoms with van der Waals surface area (Å²) in [6.07, 6.45) is 1.61. The van der Waals surface area contributed by atoms with Crippen molar-refractivity contribution in [1.29, 1.82) is 5.26 Å². The zero-order chi connectivity index (χ0) is 31.7. The van der Waals surface area contributed by atoms with E-state index >= 15 is 4.39 Å². The van der Waals surface area contributed by atoms with E-state index in [1.807, 2.05) is 6.92 Å². The van der Waals surface area contributed by atoms with Crippen LogP contribution in [0.15, 0.2) is 18.3 Å². The molecule has 3 saturated heterocycles. The lowest BCUT2D eigenvalue weighted by Gasteiger charge is -2.42. The van der Waals surface area contributed by atoms with Gasteiger partial charge in [-0.15, -0.1) is 0 Å². The van der Waals surface area contributed by atoms with Crippen molar-refractivity contribution in [3.63, 3.8) is 0 Å². The molecule has 9 atom stereocenters. The number of carbonyl (C=O) groups is 4. The second-order valence-electron chi connectivity index (χ2n) is 13.6. The Morgan fingerprint density at radius 1 is 1.24 bits per heavy atom. The van der Waals surface area contributed by atoms with E-state index in [-0.39, 0.29) is 37.2 Å². The predicted octanol–water partition coefficient (Wildman–Crippen LogP) is 1.64. The number of methoxy groups -OCH3 is 1. The summed E-state index contributed by atoms with van der Waals surface area (Å²) in [5.41, 5.74) is -2.21. The van der Waals surface area contributed by atoms with Gasteiger partial charge in [0.25, 0.3) is 5.91 Å². The smallest absolute Gasteiger partial charge is 0.407 e. The van der Waals surface area contributed by atoms with Crippen molar-refractivity contribution in [1.82, 2.24) is 20.1 Å². The number of rotatable bonds is 4. The second-order valence-corrected chi connectivity index (χ2v) is 13.6. The van der Waals surface area contributed by atoms with Crippen molar-refractivity contribution in [3.8, 4) is 11.8 Å². The molecule has 14 heteroatoms. The number of anilines is 1. The number of carbonyl (C=O) groups excluding carboxylic acids is 4. The zero-order valence-electron chi connectivity index (χ0n) is 25.2. The highest BCUT2D eigenvalue weighted by atomic mass is 19.1. The van der Waals surface area contributed by atoms with Gasteiger partial charge in [0.1, 0.15) is 24.3 Å². The molecule has 4 aliphatic heterocycles. The molecule has 2 N–H and O–H groups in total. The van der Waals surface area contributed by atoms with Crippen LogP contribution in [0.1, 0.15) is 39.0 Å². The number of amides is 4. The number of nitrogens with zero attached hydrogens (tertiary/aromatic N) is 4. The molecule has 1 spiro atoms. The summed E-state index contributed by atoms with van der Waals surface area (Å²) in [5.74, 6) is -1.80. The Labute approximate surface area is 259 Å². The SMILES string of the molecule is COC(=O)NC(C(=O)N1CC2C3CC(F)C(C3)C2C1C(=O)N1CC2(CC1C#N)Oc1cccnc1NC2=O)C1(C)CCOCC1. The number of halogens is 1. The largest absolute Gasteiger partial charge is 0.472 e. The molecule has 4 amide bonds. The van der Waals surface area contributed by atoms with E-state index in [1.54, 1.807) is 12.1 Å². The Bertz CT molecular complexity index is 1460. The number of hydrogen-bond donors (Lipinski definition) is 2. The summed E-state index contributed by atoms with van der Waals surface area (Å²) < 4.78 is 31.9. The number of fused-ring (bicyclic) bond motifs is 6. The number of pyridine rings is 1. The van der Waals surface area contributed by atoms with Gasteiger partial charge in [0.2, 0.25) is 17.4 Å². The minimum atomic E-state index is -1.53. The highest BCUT2D eigenvalue weighted by Gasteiger charge is 2.65. The molecular weight excluding hydrogens is 587 g/mol. The summed E-state index contributed by atoms with van der Waals surface area (Å²) >= 11 is 0. The third-order valence-electron chi connectivity index (χ3n) is 11.3. The molecular formula is C31H37FN6O7. The Morgan fingerprint density at radius 3 is 2.76 bits per heavy atom. The monoisotopic (exact) mass is 624 g/mol. The van der Waals surface area contributed by atoms with E-state index in [9.17, 15) is 24.4 Å². The van der Waals surface area contributed by atoms with Crippen LogP contribution in [-0.2, 0) is 23.9 Å². The zero-order valence-corrected chi connectivity index (χ0v) is 25.2. The van der Waals surface area contributed by atoms with Gasteiger partial charge in [-0.3, -0.25) is 14.4 Å². The van der Waals surface area contributed by atoms with Gasteiger partial charge >= 0.3 is 6.09 Å². The molecule has 13 nitrogen and oxygen atoms in total. The quantitative estimate of drug-likeness (QED) is 0.507. The average molecular weight is 625 g/mol. The summed E-state index contributed by atoms with van der Waals surface area (Å²) in [4.78, 5) is 62.2. The fourth-order valence-corrected chi connectivity index (χ4v) is 8.93. The summed E-state index contributed by atoms with van der Waals surface area (Å²) in [7, 11) is 1.22. The Kier molecular flexibility index (Phi) is 7.14. The molecule has 1 aromatic heterocycles. The lowest BCUT2D eigenvalue weighted by molar-refractivity contribution is -0.150. The number of ether oxygens (including phenoxy) is 3. The van der Waals surface area contributed by atoms with Crippen LogP contribution in [0.2, 0.25) is 0 Å². The van der Waals surface area contributed by atoms with Gasteiger partial charge in [-0.2, -0.15) is 5.26 Å². The first-order valence-electron chi connectivity index (χ1n) is 15.6. The maximum absolute atomic E-state index is 15.3. The highest BCUT2D eigenvalue weighted by Crippen LogP contribution is 2.59. The van der Waals surface area contributed by atoms with Crippen LogP contribution in [-0.4, -0.2) is 102 Å². The van der Waals surface area contributed by atoms with E-state index in [1.165, 1.54) is 23.1 Å². The van der Waals surface area contributed by atoms with Gasteiger partial charge in [0.15, 0.2) is 11.6 Å². The summed E-state index contributed by atoms with van der Waals surface area (Å²) in [6.45, 7) is 2.75. The molecule has 2 aliphatic carbocycles. The van der Waals surface area contributed by atoms with Crippen LogP contribution in [0.3, 0.4) is 0 Å². The van der Waals surface area contributed by atoms with Crippen molar-refractivity contribution in [2.75, 3.05) is 38.7 Å². The summed E-state index contributed by atoms with van der Waals surface area (Å²) in [5, 5.41) is 15.7. The molecule has 9 unspecified atom stereocenters. The Balaban J connectivity index is 1.23. The van der Waals surface area contributed by atoms with Crippen LogP contribution in [0.4, 0.5) is 15.0 Å². The van der Waals surface area contributed by atoms with Gasteiger partial charge < -0.3 is 34.6 Å². The third kappa shape index (κ3) is 4.61. The van der Waals surface area contributed by atoms with Crippen LogP contribution >= 0.6 is 0 Å². The van der Waals surface area contributed by atoms with E-state index < -0.39 is 71.0 Å². The fraction of sp³-hybridized carbons (Fsp3) is 0.677. The lowest BCUT2D eigenvalue weighted by atomic mass is 9.74. The topological polar surface area (TPSA) is 163 Å². The maximum Gasteiger partial charge on any atom is 0.407 e. The molecule has 45 heavy (non-hydrogen) atoms. The number of nitriles is 1. The number of aromatic nitrogens is 1. The van der Waals surface area contributed by atoms with Crippen molar-refractivity contribution >= 4 is 29.6 Å². The average Bonchev–Trinajstić information content (AvgIpc) is 3.79. The Morgan fingerprint density at radius 2 is 2.02 bits per heavy atom. The minimum Gasteiger partial charge on any atom is -0.472 e. The van der Waals surface area contributed by atoms with Crippen LogP contribution in [0, 0.1) is 40.4 Å². The van der Waals surface area contributed by atoms with E-state index in [0.29, 0.717) is 44.6 Å². The van der Waals surface area contributed by atoms with E-state index in [2.05, 4.69) is 21.7 Å². The number of hydrogen-bond acceptors (Lipinski definition) is 9. The van der Waals surface area contributed by atoms with Crippen molar-refractivity contribution in [2.24, 2.45) is 29.1 Å². The fourth-order valence-electron chi connectivity index (χ4n) is 8.93. The number of alkyl halides is 1. The second kappa shape index (κ2) is 10.8. The lowest BCUT2D eigenvalue weighted by Crippen LogP contribution is -2.61. The maximum atomic E-state index is 15.3. The molecule has 0 aromatic carbocycles. The highest BCUT2D eigenvalue weighted by molar-refractivity contribution is 6.01. The molecule has 5 heterocycles. The van der Waals surface area contributed by atoms with Crippen molar-refractivity contribution in [2.45, 2.75) is 68.9 Å². The molecule has 2 bridgehead atoms. The van der Waals surface area contributed by atoms with E-state index in [0.717, 1.165) is 0 Å². The number of likely N-dealkylation sites (tertiary alicyclic amines) is 2. The first kappa shape index (κ1) is 29.7. The molecule has 7 rings (SSSR count). The summed E-state index contributed by atoms with van der Waals surface area (Å²) in [6, 6.07) is 2.37. The first-order valence-corrected chi connectivity index (χ1v) is 15.6. The van der Waals surface area contributed by atoms with Gasteiger partial charge in [-0.1, -0.05) is 6.92 Å². The van der Waals surface area contributed by atoms with Crippen LogP contribution < -0.4 is 15.4 Å². The van der Waals surface area contributed by atoms with Crippen LogP contribution in [0.5, 0.6) is 5.75 Å². The molecule has 0 radical (unpaired) electrons. The molecule has 6 aliphatic rings.